The minimum absolute atomic E-state index is 0.466. The summed E-state index contributed by atoms with van der Waals surface area (Å²) >= 11 is 0. The summed E-state index contributed by atoms with van der Waals surface area (Å²) in [5.74, 6) is 0.540. The molecule has 3 aromatic rings. The van der Waals surface area contributed by atoms with E-state index >= 15 is 0 Å². The average Bonchev–Trinajstić information content (AvgIpc) is 2.95. The van der Waals surface area contributed by atoms with Gasteiger partial charge in [0, 0.05) is 48.8 Å². The van der Waals surface area contributed by atoms with Crippen molar-refractivity contribution in [3.63, 3.8) is 0 Å². The first-order chi connectivity index (χ1) is 10.8. The van der Waals surface area contributed by atoms with Gasteiger partial charge in [-0.25, -0.2) is 4.98 Å². The number of hydrogen-bond donors (Lipinski definition) is 1. The first kappa shape index (κ1) is 13.3. The van der Waals surface area contributed by atoms with E-state index in [0.29, 0.717) is 11.9 Å². The SMILES string of the molecule is Nc1cc(-c2cn(C3CCOCC3)c3cnccc23)ccn1. The molecule has 2 N–H and O–H groups in total. The molecule has 0 amide bonds. The second kappa shape index (κ2) is 5.42. The van der Waals surface area contributed by atoms with Crippen LogP contribution in [0.25, 0.3) is 22.0 Å². The lowest BCUT2D eigenvalue weighted by molar-refractivity contribution is 0.0707. The van der Waals surface area contributed by atoms with Crippen molar-refractivity contribution in [3.05, 3.63) is 43.0 Å². The summed E-state index contributed by atoms with van der Waals surface area (Å²) in [6, 6.07) is 6.45. The second-order valence-corrected chi connectivity index (χ2v) is 5.66. The van der Waals surface area contributed by atoms with E-state index in [2.05, 4.69) is 26.8 Å². The largest absolute Gasteiger partial charge is 0.384 e. The monoisotopic (exact) mass is 294 g/mol. The molecule has 1 aliphatic heterocycles. The Morgan fingerprint density at radius 2 is 2.05 bits per heavy atom. The fraction of sp³-hybridized carbons (Fsp3) is 0.294. The number of nitrogens with zero attached hydrogens (tertiary/aromatic N) is 3. The Labute approximate surface area is 128 Å². The van der Waals surface area contributed by atoms with Gasteiger partial charge in [-0.3, -0.25) is 4.98 Å². The van der Waals surface area contributed by atoms with Crippen molar-refractivity contribution in [2.45, 2.75) is 18.9 Å². The van der Waals surface area contributed by atoms with Gasteiger partial charge in [-0.05, 0) is 36.6 Å². The van der Waals surface area contributed by atoms with Crippen LogP contribution in [0, 0.1) is 0 Å². The number of rotatable bonds is 2. The molecule has 22 heavy (non-hydrogen) atoms. The Morgan fingerprint density at radius 3 is 2.86 bits per heavy atom. The van der Waals surface area contributed by atoms with E-state index in [0.717, 1.165) is 31.6 Å². The fourth-order valence-electron chi connectivity index (χ4n) is 3.21. The summed E-state index contributed by atoms with van der Waals surface area (Å²) in [5.41, 5.74) is 9.28. The molecule has 0 radical (unpaired) electrons. The predicted octanol–water partition coefficient (Wildman–Crippen LogP) is 3.03. The molecule has 5 nitrogen and oxygen atoms in total. The molecule has 3 aromatic heterocycles. The van der Waals surface area contributed by atoms with Gasteiger partial charge in [0.05, 0.1) is 11.7 Å². The van der Waals surface area contributed by atoms with Crippen LogP contribution in [0.4, 0.5) is 5.82 Å². The summed E-state index contributed by atoms with van der Waals surface area (Å²) in [5, 5.41) is 1.20. The summed E-state index contributed by atoms with van der Waals surface area (Å²) in [4.78, 5) is 8.39. The van der Waals surface area contributed by atoms with E-state index in [4.69, 9.17) is 10.5 Å². The highest BCUT2D eigenvalue weighted by molar-refractivity contribution is 5.96. The highest BCUT2D eigenvalue weighted by Gasteiger charge is 2.19. The van der Waals surface area contributed by atoms with E-state index in [-0.39, 0.29) is 0 Å². The van der Waals surface area contributed by atoms with Crippen molar-refractivity contribution in [3.8, 4) is 11.1 Å². The zero-order valence-electron chi connectivity index (χ0n) is 12.3. The van der Waals surface area contributed by atoms with Crippen molar-refractivity contribution in [1.29, 1.82) is 0 Å². The molecule has 0 spiro atoms. The molecular weight excluding hydrogens is 276 g/mol. The molecule has 0 saturated carbocycles. The lowest BCUT2D eigenvalue weighted by atomic mass is 10.1. The van der Waals surface area contributed by atoms with E-state index in [1.165, 1.54) is 16.5 Å². The molecule has 1 fully saturated rings. The summed E-state index contributed by atoms with van der Waals surface area (Å²) < 4.78 is 7.83. The Balaban J connectivity index is 1.88. The van der Waals surface area contributed by atoms with Gasteiger partial charge in [-0.1, -0.05) is 0 Å². The third-order valence-corrected chi connectivity index (χ3v) is 4.31. The van der Waals surface area contributed by atoms with Crippen molar-refractivity contribution >= 4 is 16.7 Å². The van der Waals surface area contributed by atoms with Gasteiger partial charge < -0.3 is 15.0 Å². The minimum atomic E-state index is 0.466. The first-order valence-corrected chi connectivity index (χ1v) is 7.57. The highest BCUT2D eigenvalue weighted by atomic mass is 16.5. The molecule has 112 valence electrons. The van der Waals surface area contributed by atoms with Gasteiger partial charge in [0.2, 0.25) is 0 Å². The quantitative estimate of drug-likeness (QED) is 0.789. The number of nitrogens with two attached hydrogens (primary N) is 1. The number of nitrogen functional groups attached to an aromatic ring is 1. The number of ether oxygens (including phenoxy) is 1. The third-order valence-electron chi connectivity index (χ3n) is 4.31. The van der Waals surface area contributed by atoms with Crippen LogP contribution >= 0.6 is 0 Å². The topological polar surface area (TPSA) is 66.0 Å². The van der Waals surface area contributed by atoms with E-state index in [1.54, 1.807) is 6.20 Å². The molecule has 4 heterocycles. The first-order valence-electron chi connectivity index (χ1n) is 7.57. The third kappa shape index (κ3) is 2.23. The van der Waals surface area contributed by atoms with Crippen LogP contribution < -0.4 is 5.73 Å². The molecule has 0 unspecified atom stereocenters. The molecule has 0 bridgehead atoms. The van der Waals surface area contributed by atoms with Crippen LogP contribution in [0.3, 0.4) is 0 Å². The van der Waals surface area contributed by atoms with Crippen molar-refractivity contribution < 1.29 is 4.74 Å². The summed E-state index contributed by atoms with van der Waals surface area (Å²) in [6.45, 7) is 1.64. The second-order valence-electron chi connectivity index (χ2n) is 5.66. The normalized spacial score (nSPS) is 16.2. The maximum absolute atomic E-state index is 5.84. The Kier molecular flexibility index (Phi) is 3.27. The van der Waals surface area contributed by atoms with E-state index in [1.807, 2.05) is 24.5 Å². The number of pyridine rings is 2. The van der Waals surface area contributed by atoms with Crippen LogP contribution in [0.1, 0.15) is 18.9 Å². The Hall–Kier alpha value is -2.40. The van der Waals surface area contributed by atoms with E-state index in [9.17, 15) is 0 Å². The smallest absolute Gasteiger partial charge is 0.123 e. The molecule has 0 atom stereocenters. The maximum atomic E-state index is 5.84. The van der Waals surface area contributed by atoms with Gasteiger partial charge >= 0.3 is 0 Å². The van der Waals surface area contributed by atoms with Crippen LogP contribution in [-0.2, 0) is 4.74 Å². The zero-order chi connectivity index (χ0) is 14.9. The Morgan fingerprint density at radius 1 is 1.18 bits per heavy atom. The number of anilines is 1. The lowest BCUT2D eigenvalue weighted by Crippen LogP contribution is -2.18. The molecule has 1 saturated heterocycles. The van der Waals surface area contributed by atoms with Crippen LogP contribution in [0.2, 0.25) is 0 Å². The van der Waals surface area contributed by atoms with Gasteiger partial charge in [0.1, 0.15) is 5.82 Å². The van der Waals surface area contributed by atoms with Gasteiger partial charge in [0.25, 0.3) is 0 Å². The number of aromatic nitrogens is 3. The van der Waals surface area contributed by atoms with Crippen molar-refractivity contribution in [2.75, 3.05) is 18.9 Å². The molecule has 0 aliphatic carbocycles. The molecule has 4 rings (SSSR count). The van der Waals surface area contributed by atoms with Gasteiger partial charge in [0.15, 0.2) is 0 Å². The Bertz CT molecular complexity index is 805. The number of fused-ring (bicyclic) bond motifs is 1. The van der Waals surface area contributed by atoms with Crippen LogP contribution in [-0.4, -0.2) is 27.7 Å². The maximum Gasteiger partial charge on any atom is 0.123 e. The minimum Gasteiger partial charge on any atom is -0.384 e. The van der Waals surface area contributed by atoms with Crippen molar-refractivity contribution in [2.24, 2.45) is 0 Å². The number of hydrogen-bond acceptors (Lipinski definition) is 4. The highest BCUT2D eigenvalue weighted by Crippen LogP contribution is 2.34. The fourth-order valence-corrected chi connectivity index (χ4v) is 3.21. The molecular formula is C17H18N4O. The van der Waals surface area contributed by atoms with Crippen molar-refractivity contribution in [1.82, 2.24) is 14.5 Å². The molecule has 0 aromatic carbocycles. The molecule has 5 heteroatoms. The van der Waals surface area contributed by atoms with Gasteiger partial charge in [-0.15, -0.1) is 0 Å². The van der Waals surface area contributed by atoms with Gasteiger partial charge in [-0.2, -0.15) is 0 Å². The summed E-state index contributed by atoms with van der Waals surface area (Å²) in [7, 11) is 0. The van der Waals surface area contributed by atoms with Crippen LogP contribution in [0.5, 0.6) is 0 Å². The standard InChI is InChI=1S/C17H18N4O/c18-17-9-12(1-6-20-17)15-11-21(13-3-7-22-8-4-13)16-10-19-5-2-14(15)16/h1-2,5-6,9-11,13H,3-4,7-8H2,(H2,18,20). The lowest BCUT2D eigenvalue weighted by Gasteiger charge is -2.24. The predicted molar refractivity (Wildman–Crippen MR) is 86.5 cm³/mol. The summed E-state index contributed by atoms with van der Waals surface area (Å²) in [6.07, 6.45) is 9.83. The van der Waals surface area contributed by atoms with E-state index < -0.39 is 0 Å². The molecule has 1 aliphatic rings. The average molecular weight is 294 g/mol. The van der Waals surface area contributed by atoms with Crippen LogP contribution in [0.15, 0.2) is 43.0 Å². The zero-order valence-corrected chi connectivity index (χ0v) is 12.3.